The lowest BCUT2D eigenvalue weighted by molar-refractivity contribution is -0.113. The summed E-state index contributed by atoms with van der Waals surface area (Å²) in [4.78, 5) is 12.3. The molecule has 0 saturated heterocycles. The molecule has 13 heteroatoms. The molecule has 0 saturated carbocycles. The number of carbonyl (C=O) groups is 1. The number of phenolic OH excluding ortho intramolecular Hbond substituents is 1. The SMILES string of the molecule is COc1cc(NC(=O)CSc2nnc(N/N=C/c3ccc(OC)c(O)c3)n2N)cc(OC)c1. The highest BCUT2D eigenvalue weighted by Crippen LogP contribution is 2.27. The molecule has 0 radical (unpaired) electrons. The third-order valence-electron chi connectivity index (χ3n) is 4.21. The van der Waals surface area contributed by atoms with E-state index in [0.29, 0.717) is 33.7 Å². The maximum Gasteiger partial charge on any atom is 0.264 e. The van der Waals surface area contributed by atoms with E-state index in [1.165, 1.54) is 38.3 Å². The first-order valence-electron chi connectivity index (χ1n) is 9.45. The number of aromatic hydroxyl groups is 1. The molecule has 33 heavy (non-hydrogen) atoms. The van der Waals surface area contributed by atoms with Crippen molar-refractivity contribution in [2.75, 3.05) is 43.7 Å². The number of hydrogen-bond acceptors (Lipinski definition) is 11. The van der Waals surface area contributed by atoms with Crippen molar-refractivity contribution in [3.05, 3.63) is 42.0 Å². The molecule has 174 valence electrons. The number of thioether (sulfide) groups is 1. The number of nitrogen functional groups attached to an aromatic ring is 1. The Morgan fingerprint density at radius 2 is 1.88 bits per heavy atom. The Labute approximate surface area is 193 Å². The second-order valence-electron chi connectivity index (χ2n) is 6.42. The standard InChI is InChI=1S/C20H23N7O5S/c1-30-14-7-13(8-15(9-14)31-2)23-18(29)11-33-20-26-25-19(27(20)21)24-22-10-12-4-5-17(32-3)16(28)6-12/h4-10,28H,11,21H2,1-3H3,(H,23,29)(H,24,25)/b22-10+. The van der Waals surface area contributed by atoms with E-state index in [-0.39, 0.29) is 23.4 Å². The second kappa shape index (κ2) is 10.9. The van der Waals surface area contributed by atoms with E-state index >= 15 is 0 Å². The quantitative estimate of drug-likeness (QED) is 0.148. The molecular formula is C20H23N7O5S. The van der Waals surface area contributed by atoms with Gasteiger partial charge in [-0.1, -0.05) is 11.8 Å². The molecular weight excluding hydrogens is 450 g/mol. The van der Waals surface area contributed by atoms with Crippen LogP contribution in [0.15, 0.2) is 46.7 Å². The van der Waals surface area contributed by atoms with E-state index in [4.69, 9.17) is 20.1 Å². The number of rotatable bonds is 10. The Balaban J connectivity index is 1.55. The van der Waals surface area contributed by atoms with Crippen molar-refractivity contribution >= 4 is 35.5 Å². The maximum absolute atomic E-state index is 12.3. The predicted octanol–water partition coefficient (Wildman–Crippen LogP) is 1.90. The second-order valence-corrected chi connectivity index (χ2v) is 7.36. The van der Waals surface area contributed by atoms with E-state index in [9.17, 15) is 9.90 Å². The number of aromatic nitrogens is 3. The summed E-state index contributed by atoms with van der Waals surface area (Å²) in [5, 5.41) is 24.8. The molecule has 0 aliphatic heterocycles. The smallest absolute Gasteiger partial charge is 0.264 e. The highest BCUT2D eigenvalue weighted by Gasteiger charge is 2.13. The van der Waals surface area contributed by atoms with E-state index in [2.05, 4.69) is 26.0 Å². The molecule has 12 nitrogen and oxygen atoms in total. The van der Waals surface area contributed by atoms with Gasteiger partial charge < -0.3 is 30.5 Å². The molecule has 0 atom stereocenters. The molecule has 0 aliphatic carbocycles. The summed E-state index contributed by atoms with van der Waals surface area (Å²) < 4.78 is 16.6. The van der Waals surface area contributed by atoms with Gasteiger partial charge in [-0.05, 0) is 23.8 Å². The highest BCUT2D eigenvalue weighted by atomic mass is 32.2. The lowest BCUT2D eigenvalue weighted by Crippen LogP contribution is -2.17. The number of phenols is 1. The van der Waals surface area contributed by atoms with E-state index in [0.717, 1.165) is 11.8 Å². The molecule has 0 bridgehead atoms. The number of nitrogens with zero attached hydrogens (tertiary/aromatic N) is 4. The Hall–Kier alpha value is -4.13. The molecule has 2 aromatic carbocycles. The van der Waals surface area contributed by atoms with Crippen LogP contribution in [0.2, 0.25) is 0 Å². The van der Waals surface area contributed by atoms with Gasteiger partial charge in [0.15, 0.2) is 11.5 Å². The number of amides is 1. The van der Waals surface area contributed by atoms with Crippen molar-refractivity contribution in [3.8, 4) is 23.0 Å². The number of carbonyl (C=O) groups excluding carboxylic acids is 1. The van der Waals surface area contributed by atoms with Gasteiger partial charge in [0.1, 0.15) is 11.5 Å². The predicted molar refractivity (Wildman–Crippen MR) is 125 cm³/mol. The third kappa shape index (κ3) is 6.20. The van der Waals surface area contributed by atoms with Crippen LogP contribution in [-0.2, 0) is 4.79 Å². The van der Waals surface area contributed by atoms with Gasteiger partial charge in [0.05, 0.1) is 33.3 Å². The monoisotopic (exact) mass is 473 g/mol. The molecule has 3 rings (SSSR count). The van der Waals surface area contributed by atoms with Crippen LogP contribution in [0.5, 0.6) is 23.0 Å². The Morgan fingerprint density at radius 3 is 2.52 bits per heavy atom. The largest absolute Gasteiger partial charge is 0.504 e. The van der Waals surface area contributed by atoms with Gasteiger partial charge in [-0.25, -0.2) is 10.1 Å². The van der Waals surface area contributed by atoms with Gasteiger partial charge >= 0.3 is 0 Å². The summed E-state index contributed by atoms with van der Waals surface area (Å²) in [6, 6.07) is 9.89. The number of hydrazone groups is 1. The minimum atomic E-state index is -0.273. The van der Waals surface area contributed by atoms with Gasteiger partial charge in [-0.15, -0.1) is 10.2 Å². The van der Waals surface area contributed by atoms with Gasteiger partial charge in [0.25, 0.3) is 5.95 Å². The normalized spacial score (nSPS) is 10.8. The van der Waals surface area contributed by atoms with E-state index < -0.39 is 0 Å². The Kier molecular flexibility index (Phi) is 7.81. The van der Waals surface area contributed by atoms with Gasteiger partial charge in [0, 0.05) is 23.9 Å². The molecule has 1 amide bonds. The zero-order valence-electron chi connectivity index (χ0n) is 18.1. The first kappa shape index (κ1) is 23.5. The van der Waals surface area contributed by atoms with E-state index in [1.54, 1.807) is 30.3 Å². The molecule has 0 spiro atoms. The van der Waals surface area contributed by atoms with Gasteiger partial charge in [-0.2, -0.15) is 5.10 Å². The maximum atomic E-state index is 12.3. The van der Waals surface area contributed by atoms with Crippen LogP contribution in [0.4, 0.5) is 11.6 Å². The number of ether oxygens (including phenoxy) is 3. The number of benzene rings is 2. The fraction of sp³-hybridized carbons (Fsp3) is 0.200. The topological polar surface area (TPSA) is 158 Å². The molecule has 1 heterocycles. The molecule has 3 aromatic rings. The molecule has 1 aromatic heterocycles. The lowest BCUT2D eigenvalue weighted by atomic mass is 10.2. The Morgan fingerprint density at radius 1 is 1.15 bits per heavy atom. The van der Waals surface area contributed by atoms with Gasteiger partial charge in [0.2, 0.25) is 11.1 Å². The molecule has 0 fully saturated rings. The van der Waals surface area contributed by atoms with Crippen LogP contribution in [-0.4, -0.2) is 59.2 Å². The van der Waals surface area contributed by atoms with E-state index in [1.807, 2.05) is 0 Å². The minimum absolute atomic E-state index is 0.00667. The molecule has 5 N–H and O–H groups in total. The minimum Gasteiger partial charge on any atom is -0.504 e. The van der Waals surface area contributed by atoms with Crippen molar-refractivity contribution in [2.45, 2.75) is 5.16 Å². The van der Waals surface area contributed by atoms with Gasteiger partial charge in [-0.3, -0.25) is 4.79 Å². The van der Waals surface area contributed by atoms with Crippen LogP contribution in [0.3, 0.4) is 0 Å². The van der Waals surface area contributed by atoms with Crippen molar-refractivity contribution in [1.29, 1.82) is 0 Å². The zero-order chi connectivity index (χ0) is 23.8. The van der Waals surface area contributed by atoms with Crippen molar-refractivity contribution < 1.29 is 24.1 Å². The fourth-order valence-corrected chi connectivity index (χ4v) is 3.27. The summed E-state index contributed by atoms with van der Waals surface area (Å²) in [7, 11) is 4.52. The third-order valence-corrected chi connectivity index (χ3v) is 5.16. The van der Waals surface area contributed by atoms with Crippen LogP contribution < -0.4 is 30.8 Å². The van der Waals surface area contributed by atoms with Crippen molar-refractivity contribution in [2.24, 2.45) is 5.10 Å². The Bertz CT molecular complexity index is 1130. The number of anilines is 2. The zero-order valence-corrected chi connectivity index (χ0v) is 18.9. The number of methoxy groups -OCH3 is 3. The lowest BCUT2D eigenvalue weighted by Gasteiger charge is -2.09. The molecule has 0 unspecified atom stereocenters. The fourth-order valence-electron chi connectivity index (χ4n) is 2.61. The average Bonchev–Trinajstić information content (AvgIpc) is 3.16. The first-order chi connectivity index (χ1) is 15.9. The number of hydrogen-bond donors (Lipinski definition) is 4. The summed E-state index contributed by atoms with van der Waals surface area (Å²) in [6.45, 7) is 0. The van der Waals surface area contributed by atoms with Crippen LogP contribution in [0.1, 0.15) is 5.56 Å². The number of nitrogens with two attached hydrogens (primary N) is 1. The van der Waals surface area contributed by atoms with Crippen LogP contribution in [0, 0.1) is 0 Å². The summed E-state index contributed by atoms with van der Waals surface area (Å²) in [5.41, 5.74) is 3.83. The van der Waals surface area contributed by atoms with Crippen molar-refractivity contribution in [3.63, 3.8) is 0 Å². The summed E-state index contributed by atoms with van der Waals surface area (Å²) >= 11 is 1.10. The summed E-state index contributed by atoms with van der Waals surface area (Å²) in [5.74, 6) is 7.38. The summed E-state index contributed by atoms with van der Waals surface area (Å²) in [6.07, 6.45) is 1.47. The molecule has 0 aliphatic rings. The van der Waals surface area contributed by atoms with Crippen LogP contribution in [0.25, 0.3) is 0 Å². The first-order valence-corrected chi connectivity index (χ1v) is 10.4. The van der Waals surface area contributed by atoms with Crippen LogP contribution >= 0.6 is 11.8 Å². The number of nitrogens with one attached hydrogen (secondary N) is 2. The highest BCUT2D eigenvalue weighted by molar-refractivity contribution is 7.99. The van der Waals surface area contributed by atoms with Crippen molar-refractivity contribution in [1.82, 2.24) is 14.9 Å². The average molecular weight is 474 g/mol.